The number of amides is 1. The van der Waals surface area contributed by atoms with Crippen LogP contribution < -0.4 is 11.1 Å². The molecule has 0 fully saturated rings. The van der Waals surface area contributed by atoms with Gasteiger partial charge in [0, 0.05) is 24.5 Å². The lowest BCUT2D eigenvalue weighted by Crippen LogP contribution is -2.24. The Kier molecular flexibility index (Phi) is 4.13. The molecule has 7 nitrogen and oxygen atoms in total. The van der Waals surface area contributed by atoms with Crippen molar-refractivity contribution in [3.63, 3.8) is 0 Å². The first-order valence-corrected chi connectivity index (χ1v) is 6.21. The fourth-order valence-electron chi connectivity index (χ4n) is 1.79. The minimum atomic E-state index is -0.615. The number of hydrogen-bond acceptors (Lipinski definition) is 5. The summed E-state index contributed by atoms with van der Waals surface area (Å²) in [5.74, 6) is -0.461. The third-order valence-electron chi connectivity index (χ3n) is 2.95. The SMILES string of the molecule is Cc1ccc(CNC(=O)c2cccc([N+](=O)[O-])c2N)cn1. The first kappa shape index (κ1) is 14.4. The fraction of sp³-hybridized carbons (Fsp3) is 0.143. The number of nitro groups is 1. The molecule has 0 aliphatic rings. The molecule has 7 heteroatoms. The van der Waals surface area contributed by atoms with Crippen molar-refractivity contribution in [3.05, 3.63) is 63.5 Å². The van der Waals surface area contributed by atoms with Crippen LogP contribution in [0.3, 0.4) is 0 Å². The summed E-state index contributed by atoms with van der Waals surface area (Å²) in [6, 6.07) is 7.82. The molecule has 1 heterocycles. The van der Waals surface area contributed by atoms with Crippen molar-refractivity contribution in [2.24, 2.45) is 0 Å². The maximum Gasteiger partial charge on any atom is 0.292 e. The zero-order chi connectivity index (χ0) is 15.4. The van der Waals surface area contributed by atoms with Gasteiger partial charge in [-0.15, -0.1) is 0 Å². The molecule has 2 rings (SSSR count). The van der Waals surface area contributed by atoms with Crippen molar-refractivity contribution in [2.45, 2.75) is 13.5 Å². The molecular formula is C14H14N4O3. The Hall–Kier alpha value is -2.96. The van der Waals surface area contributed by atoms with E-state index in [1.807, 2.05) is 19.1 Å². The smallest absolute Gasteiger partial charge is 0.292 e. The van der Waals surface area contributed by atoms with Crippen molar-refractivity contribution in [1.82, 2.24) is 10.3 Å². The van der Waals surface area contributed by atoms with Crippen molar-refractivity contribution in [2.75, 3.05) is 5.73 Å². The van der Waals surface area contributed by atoms with Crippen LogP contribution in [0.25, 0.3) is 0 Å². The van der Waals surface area contributed by atoms with Crippen LogP contribution in [-0.4, -0.2) is 15.8 Å². The van der Waals surface area contributed by atoms with E-state index in [2.05, 4.69) is 10.3 Å². The van der Waals surface area contributed by atoms with E-state index in [9.17, 15) is 14.9 Å². The van der Waals surface area contributed by atoms with Crippen LogP contribution >= 0.6 is 0 Å². The predicted molar refractivity (Wildman–Crippen MR) is 77.7 cm³/mol. The predicted octanol–water partition coefficient (Wildman–Crippen LogP) is 1.81. The summed E-state index contributed by atoms with van der Waals surface area (Å²) in [5, 5.41) is 13.5. The van der Waals surface area contributed by atoms with E-state index in [0.29, 0.717) is 0 Å². The molecule has 0 bridgehead atoms. The third-order valence-corrected chi connectivity index (χ3v) is 2.95. The molecule has 0 saturated heterocycles. The molecule has 3 N–H and O–H groups in total. The lowest BCUT2D eigenvalue weighted by atomic mass is 10.1. The summed E-state index contributed by atoms with van der Waals surface area (Å²) in [6.07, 6.45) is 1.66. The van der Waals surface area contributed by atoms with Crippen LogP contribution in [0.2, 0.25) is 0 Å². The molecule has 0 saturated carbocycles. The van der Waals surface area contributed by atoms with Crippen LogP contribution in [0.4, 0.5) is 11.4 Å². The monoisotopic (exact) mass is 286 g/mol. The average molecular weight is 286 g/mol. The lowest BCUT2D eigenvalue weighted by Gasteiger charge is -2.07. The van der Waals surface area contributed by atoms with Gasteiger partial charge in [0.1, 0.15) is 5.69 Å². The number of nitrogens with zero attached hydrogens (tertiary/aromatic N) is 2. The minimum Gasteiger partial charge on any atom is -0.393 e. The number of rotatable bonds is 4. The molecule has 108 valence electrons. The molecule has 1 aromatic carbocycles. The van der Waals surface area contributed by atoms with Crippen molar-refractivity contribution >= 4 is 17.3 Å². The van der Waals surface area contributed by atoms with E-state index < -0.39 is 10.8 Å². The largest absolute Gasteiger partial charge is 0.393 e. The molecular weight excluding hydrogens is 272 g/mol. The van der Waals surface area contributed by atoms with Gasteiger partial charge < -0.3 is 11.1 Å². The molecule has 0 atom stereocenters. The summed E-state index contributed by atoms with van der Waals surface area (Å²) in [7, 11) is 0. The molecule has 2 aromatic rings. The number of nitro benzene ring substituents is 1. The number of nitrogen functional groups attached to an aromatic ring is 1. The molecule has 0 aliphatic carbocycles. The van der Waals surface area contributed by atoms with E-state index >= 15 is 0 Å². The Morgan fingerprint density at radius 3 is 2.76 bits per heavy atom. The molecule has 1 amide bonds. The van der Waals surface area contributed by atoms with E-state index in [1.165, 1.54) is 18.2 Å². The Morgan fingerprint density at radius 1 is 1.38 bits per heavy atom. The summed E-state index contributed by atoms with van der Waals surface area (Å²) in [5.41, 5.74) is 7.05. The number of carbonyl (C=O) groups is 1. The fourth-order valence-corrected chi connectivity index (χ4v) is 1.79. The topological polar surface area (TPSA) is 111 Å². The molecule has 0 unspecified atom stereocenters. The molecule has 1 aromatic heterocycles. The zero-order valence-electron chi connectivity index (χ0n) is 11.4. The number of hydrogen-bond donors (Lipinski definition) is 2. The van der Waals surface area contributed by atoms with Crippen molar-refractivity contribution in [1.29, 1.82) is 0 Å². The van der Waals surface area contributed by atoms with E-state index in [0.717, 1.165) is 11.3 Å². The van der Waals surface area contributed by atoms with E-state index in [1.54, 1.807) is 6.20 Å². The number of nitrogens with two attached hydrogens (primary N) is 1. The first-order chi connectivity index (χ1) is 9.99. The number of nitrogens with one attached hydrogen (secondary N) is 1. The zero-order valence-corrected chi connectivity index (χ0v) is 11.4. The van der Waals surface area contributed by atoms with Crippen LogP contribution in [0.5, 0.6) is 0 Å². The number of pyridine rings is 1. The maximum atomic E-state index is 12.0. The summed E-state index contributed by atoms with van der Waals surface area (Å²) in [4.78, 5) is 26.3. The molecule has 21 heavy (non-hydrogen) atoms. The maximum absolute atomic E-state index is 12.0. The molecule has 0 radical (unpaired) electrons. The Labute approximate surface area is 121 Å². The van der Waals surface area contributed by atoms with Gasteiger partial charge in [-0.25, -0.2) is 0 Å². The summed E-state index contributed by atoms with van der Waals surface area (Å²) < 4.78 is 0. The van der Waals surface area contributed by atoms with Gasteiger partial charge in [0.25, 0.3) is 11.6 Å². The van der Waals surface area contributed by atoms with Gasteiger partial charge in [-0.05, 0) is 24.6 Å². The Morgan fingerprint density at radius 2 is 2.14 bits per heavy atom. The third kappa shape index (κ3) is 3.33. The normalized spacial score (nSPS) is 10.1. The van der Waals surface area contributed by atoms with Gasteiger partial charge in [0.2, 0.25) is 0 Å². The molecule has 0 spiro atoms. The second-order valence-corrected chi connectivity index (χ2v) is 4.49. The molecule has 0 aliphatic heterocycles. The van der Waals surface area contributed by atoms with Crippen LogP contribution in [-0.2, 0) is 6.54 Å². The van der Waals surface area contributed by atoms with Gasteiger partial charge in [-0.1, -0.05) is 12.1 Å². The van der Waals surface area contributed by atoms with E-state index in [4.69, 9.17) is 5.73 Å². The van der Waals surface area contributed by atoms with Gasteiger partial charge in [0.15, 0.2) is 0 Å². The Bertz CT molecular complexity index is 683. The number of aryl methyl sites for hydroxylation is 1. The van der Waals surface area contributed by atoms with Gasteiger partial charge in [-0.2, -0.15) is 0 Å². The van der Waals surface area contributed by atoms with Gasteiger partial charge in [0.05, 0.1) is 10.5 Å². The minimum absolute atomic E-state index is 0.0873. The number of aromatic nitrogens is 1. The highest BCUT2D eigenvalue weighted by Crippen LogP contribution is 2.24. The van der Waals surface area contributed by atoms with Crippen LogP contribution in [0.1, 0.15) is 21.6 Å². The van der Waals surface area contributed by atoms with Gasteiger partial charge >= 0.3 is 0 Å². The second kappa shape index (κ2) is 6.00. The first-order valence-electron chi connectivity index (χ1n) is 6.21. The second-order valence-electron chi connectivity index (χ2n) is 4.49. The Balaban J connectivity index is 2.12. The highest BCUT2D eigenvalue weighted by atomic mass is 16.6. The number of carbonyl (C=O) groups excluding carboxylic acids is 1. The van der Waals surface area contributed by atoms with Crippen LogP contribution in [0.15, 0.2) is 36.5 Å². The summed E-state index contributed by atoms with van der Waals surface area (Å²) >= 11 is 0. The van der Waals surface area contributed by atoms with Crippen molar-refractivity contribution < 1.29 is 9.72 Å². The van der Waals surface area contributed by atoms with Crippen molar-refractivity contribution in [3.8, 4) is 0 Å². The lowest BCUT2D eigenvalue weighted by molar-refractivity contribution is -0.383. The van der Waals surface area contributed by atoms with Crippen LogP contribution in [0, 0.1) is 17.0 Å². The number of anilines is 1. The average Bonchev–Trinajstić information content (AvgIpc) is 2.46. The quantitative estimate of drug-likeness (QED) is 0.506. The number of para-hydroxylation sites is 1. The summed E-state index contributed by atoms with van der Waals surface area (Å²) in [6.45, 7) is 2.14. The highest BCUT2D eigenvalue weighted by molar-refractivity contribution is 6.00. The van der Waals surface area contributed by atoms with Gasteiger partial charge in [-0.3, -0.25) is 19.9 Å². The standard InChI is InChI=1S/C14H14N4O3/c1-9-5-6-10(7-16-9)8-17-14(19)11-3-2-4-12(13(11)15)18(20)21/h2-7H,8,15H2,1H3,(H,17,19). The number of benzene rings is 1. The highest BCUT2D eigenvalue weighted by Gasteiger charge is 2.18. The van der Waals surface area contributed by atoms with E-state index in [-0.39, 0.29) is 23.5 Å².